The predicted octanol–water partition coefficient (Wildman–Crippen LogP) is 3.63. The first-order valence-electron chi connectivity index (χ1n) is 7.12. The Balaban J connectivity index is 2.24. The van der Waals surface area contributed by atoms with Gasteiger partial charge in [-0.05, 0) is 25.0 Å². The van der Waals surface area contributed by atoms with Gasteiger partial charge in [-0.15, -0.1) is 0 Å². The standard InChI is InChI=1S/C16H18N2O4/c1-3-12(2)17(11-13-7-5-4-6-8-13)16(19)14-9-10-15(22-14)18(20)21/h4-10,12H,3,11H2,1-2H3. The van der Waals surface area contributed by atoms with E-state index in [4.69, 9.17) is 4.42 Å². The molecule has 1 aromatic heterocycles. The molecule has 0 radical (unpaired) electrons. The first kappa shape index (κ1) is 15.8. The van der Waals surface area contributed by atoms with E-state index in [1.165, 1.54) is 12.1 Å². The number of nitro groups is 1. The lowest BCUT2D eigenvalue weighted by molar-refractivity contribution is -0.402. The average Bonchev–Trinajstić information content (AvgIpc) is 3.02. The molecule has 0 aliphatic carbocycles. The van der Waals surface area contributed by atoms with Gasteiger partial charge in [0.1, 0.15) is 4.92 Å². The molecule has 116 valence electrons. The number of hydrogen-bond acceptors (Lipinski definition) is 4. The van der Waals surface area contributed by atoms with Crippen LogP contribution < -0.4 is 0 Å². The van der Waals surface area contributed by atoms with Crippen molar-refractivity contribution in [1.29, 1.82) is 0 Å². The zero-order valence-corrected chi connectivity index (χ0v) is 12.6. The van der Waals surface area contributed by atoms with Crippen LogP contribution in [0.5, 0.6) is 0 Å². The summed E-state index contributed by atoms with van der Waals surface area (Å²) in [5, 5.41) is 10.7. The second kappa shape index (κ2) is 6.89. The summed E-state index contributed by atoms with van der Waals surface area (Å²) in [5.74, 6) is -0.776. The molecule has 0 bridgehead atoms. The molecule has 0 fully saturated rings. The molecule has 22 heavy (non-hydrogen) atoms. The van der Waals surface area contributed by atoms with Gasteiger partial charge in [0, 0.05) is 12.6 Å². The van der Waals surface area contributed by atoms with E-state index < -0.39 is 10.8 Å². The Morgan fingerprint density at radius 2 is 1.95 bits per heavy atom. The second-order valence-electron chi connectivity index (χ2n) is 5.07. The Morgan fingerprint density at radius 1 is 1.27 bits per heavy atom. The molecule has 1 atom stereocenters. The van der Waals surface area contributed by atoms with Crippen LogP contribution in [0.1, 0.15) is 36.4 Å². The van der Waals surface area contributed by atoms with Crippen molar-refractivity contribution in [3.8, 4) is 0 Å². The van der Waals surface area contributed by atoms with E-state index in [0.717, 1.165) is 12.0 Å². The topological polar surface area (TPSA) is 76.6 Å². The summed E-state index contributed by atoms with van der Waals surface area (Å²) < 4.78 is 5.03. The minimum atomic E-state index is -0.651. The van der Waals surface area contributed by atoms with Crippen LogP contribution in [-0.2, 0) is 6.54 Å². The highest BCUT2D eigenvalue weighted by molar-refractivity contribution is 5.92. The lowest BCUT2D eigenvalue weighted by Gasteiger charge is -2.27. The zero-order chi connectivity index (χ0) is 16.1. The molecular weight excluding hydrogens is 284 g/mol. The summed E-state index contributed by atoms with van der Waals surface area (Å²) in [4.78, 5) is 24.3. The molecule has 0 aliphatic heterocycles. The van der Waals surface area contributed by atoms with Gasteiger partial charge in [-0.3, -0.25) is 14.9 Å². The number of furan rings is 1. The summed E-state index contributed by atoms with van der Waals surface area (Å²) in [7, 11) is 0. The van der Waals surface area contributed by atoms with E-state index in [1.54, 1.807) is 4.90 Å². The lowest BCUT2D eigenvalue weighted by atomic mass is 10.1. The van der Waals surface area contributed by atoms with E-state index in [2.05, 4.69) is 0 Å². The van der Waals surface area contributed by atoms with Crippen molar-refractivity contribution in [1.82, 2.24) is 4.90 Å². The van der Waals surface area contributed by atoms with Gasteiger partial charge >= 0.3 is 5.88 Å². The van der Waals surface area contributed by atoms with Gasteiger partial charge in [-0.2, -0.15) is 0 Å². The molecular formula is C16H18N2O4. The van der Waals surface area contributed by atoms with E-state index >= 15 is 0 Å². The zero-order valence-electron chi connectivity index (χ0n) is 12.6. The third-order valence-electron chi connectivity index (χ3n) is 3.56. The molecule has 6 nitrogen and oxygen atoms in total. The molecule has 1 heterocycles. The van der Waals surface area contributed by atoms with Crippen LogP contribution in [0.15, 0.2) is 46.9 Å². The van der Waals surface area contributed by atoms with Crippen LogP contribution in [0.3, 0.4) is 0 Å². The quantitative estimate of drug-likeness (QED) is 0.603. The van der Waals surface area contributed by atoms with Gasteiger partial charge in [-0.1, -0.05) is 37.3 Å². The average molecular weight is 302 g/mol. The molecule has 1 unspecified atom stereocenters. The first-order chi connectivity index (χ1) is 10.5. The Morgan fingerprint density at radius 3 is 2.50 bits per heavy atom. The van der Waals surface area contributed by atoms with E-state index in [1.807, 2.05) is 44.2 Å². The summed E-state index contributed by atoms with van der Waals surface area (Å²) >= 11 is 0. The highest BCUT2D eigenvalue weighted by atomic mass is 16.6. The normalized spacial score (nSPS) is 11.9. The number of rotatable bonds is 6. The minimum absolute atomic E-state index is 0.00291. The lowest BCUT2D eigenvalue weighted by Crippen LogP contribution is -2.37. The number of carbonyl (C=O) groups is 1. The molecule has 6 heteroatoms. The van der Waals surface area contributed by atoms with Crippen molar-refractivity contribution in [2.45, 2.75) is 32.9 Å². The number of hydrogen-bond donors (Lipinski definition) is 0. The molecule has 1 amide bonds. The second-order valence-corrected chi connectivity index (χ2v) is 5.07. The number of carbonyl (C=O) groups excluding carboxylic acids is 1. The van der Waals surface area contributed by atoms with Gasteiger partial charge in [0.2, 0.25) is 0 Å². The SMILES string of the molecule is CCC(C)N(Cc1ccccc1)C(=O)c1ccc([N+](=O)[O-])o1. The van der Waals surface area contributed by atoms with Crippen LogP contribution in [0.25, 0.3) is 0 Å². The first-order valence-corrected chi connectivity index (χ1v) is 7.12. The summed E-state index contributed by atoms with van der Waals surface area (Å²) in [6.45, 7) is 4.36. The molecule has 2 aromatic rings. The van der Waals surface area contributed by atoms with Crippen molar-refractivity contribution in [3.05, 3.63) is 63.9 Å². The summed E-state index contributed by atoms with van der Waals surface area (Å²) in [6.07, 6.45) is 0.779. The van der Waals surface area contributed by atoms with Gasteiger partial charge in [-0.25, -0.2) is 0 Å². The van der Waals surface area contributed by atoms with E-state index in [-0.39, 0.29) is 17.7 Å². The Hall–Kier alpha value is -2.63. The Labute approximate surface area is 128 Å². The summed E-state index contributed by atoms with van der Waals surface area (Å²) in [6, 6.07) is 12.1. The highest BCUT2D eigenvalue weighted by Crippen LogP contribution is 2.20. The van der Waals surface area contributed by atoms with Crippen LogP contribution in [0, 0.1) is 10.1 Å². The molecule has 0 saturated carbocycles. The Bertz CT molecular complexity index is 651. The minimum Gasteiger partial charge on any atom is -0.395 e. The molecule has 0 saturated heterocycles. The van der Waals surface area contributed by atoms with E-state index in [9.17, 15) is 14.9 Å². The Kier molecular flexibility index (Phi) is 4.93. The maximum atomic E-state index is 12.6. The van der Waals surface area contributed by atoms with Crippen LogP contribution in [0.4, 0.5) is 5.88 Å². The predicted molar refractivity (Wildman–Crippen MR) is 81.4 cm³/mol. The molecule has 1 aromatic carbocycles. The van der Waals surface area contributed by atoms with Crippen molar-refractivity contribution in [2.24, 2.45) is 0 Å². The fourth-order valence-corrected chi connectivity index (χ4v) is 2.11. The molecule has 2 rings (SSSR count). The molecule has 0 aliphatic rings. The van der Waals surface area contributed by atoms with Crippen molar-refractivity contribution in [3.63, 3.8) is 0 Å². The largest absolute Gasteiger partial charge is 0.433 e. The number of nitrogens with zero attached hydrogens (tertiary/aromatic N) is 2. The fourth-order valence-electron chi connectivity index (χ4n) is 2.11. The highest BCUT2D eigenvalue weighted by Gasteiger charge is 2.25. The fraction of sp³-hybridized carbons (Fsp3) is 0.312. The summed E-state index contributed by atoms with van der Waals surface area (Å²) in [5.41, 5.74) is 0.997. The molecule has 0 spiro atoms. The van der Waals surface area contributed by atoms with Gasteiger partial charge in [0.25, 0.3) is 5.91 Å². The van der Waals surface area contributed by atoms with Gasteiger partial charge in [0.15, 0.2) is 5.76 Å². The smallest absolute Gasteiger partial charge is 0.395 e. The van der Waals surface area contributed by atoms with E-state index in [0.29, 0.717) is 6.54 Å². The third kappa shape index (κ3) is 3.52. The molecule has 0 N–H and O–H groups in total. The van der Waals surface area contributed by atoms with Gasteiger partial charge < -0.3 is 9.32 Å². The van der Waals surface area contributed by atoms with Gasteiger partial charge in [0.05, 0.1) is 6.07 Å². The van der Waals surface area contributed by atoms with Crippen molar-refractivity contribution < 1.29 is 14.1 Å². The monoisotopic (exact) mass is 302 g/mol. The van der Waals surface area contributed by atoms with Crippen molar-refractivity contribution in [2.75, 3.05) is 0 Å². The van der Waals surface area contributed by atoms with Crippen LogP contribution in [-0.4, -0.2) is 21.8 Å². The maximum absolute atomic E-state index is 12.6. The maximum Gasteiger partial charge on any atom is 0.433 e. The van der Waals surface area contributed by atoms with Crippen LogP contribution >= 0.6 is 0 Å². The third-order valence-corrected chi connectivity index (χ3v) is 3.56. The number of benzene rings is 1. The van der Waals surface area contributed by atoms with Crippen molar-refractivity contribution >= 4 is 11.8 Å². The van der Waals surface area contributed by atoms with Crippen LogP contribution in [0.2, 0.25) is 0 Å². The number of amides is 1.